The minimum absolute atomic E-state index is 0. The van der Waals surface area contributed by atoms with Crippen molar-refractivity contribution in [2.24, 2.45) is 5.92 Å². The standard InChI is InChI=1S/C24H30ClFN6O.ClH/c1-17-27-23(31-12-10-30(9-8-26)11-13-31)21-24(28-17)32(16-18-6-14-33-15-7-18)22(29-21)19-4-2-3-5-20(19)25;/h2-5,18H,6-16H2,1H3;1H. The van der Waals surface area contributed by atoms with Gasteiger partial charge in [-0.3, -0.25) is 4.90 Å². The summed E-state index contributed by atoms with van der Waals surface area (Å²) in [5.74, 6) is 2.92. The van der Waals surface area contributed by atoms with Gasteiger partial charge in [0.05, 0.1) is 5.02 Å². The number of hydrogen-bond donors (Lipinski definition) is 0. The number of piperazine rings is 1. The number of benzene rings is 1. The van der Waals surface area contributed by atoms with Crippen LogP contribution in [0.15, 0.2) is 24.3 Å². The molecule has 0 radical (unpaired) electrons. The Hall–Kier alpha value is -2.00. The third-order valence-corrected chi connectivity index (χ3v) is 6.99. The fraction of sp³-hybridized carbons (Fsp3) is 0.542. The van der Waals surface area contributed by atoms with Gasteiger partial charge in [-0.2, -0.15) is 0 Å². The van der Waals surface area contributed by atoms with Crippen LogP contribution in [0.4, 0.5) is 10.2 Å². The molecular weight excluding hydrogens is 478 g/mol. The summed E-state index contributed by atoms with van der Waals surface area (Å²) in [5, 5.41) is 0.673. The highest BCUT2D eigenvalue weighted by atomic mass is 35.5. The van der Waals surface area contributed by atoms with Crippen molar-refractivity contribution in [1.82, 2.24) is 24.4 Å². The number of aromatic nitrogens is 4. The van der Waals surface area contributed by atoms with Gasteiger partial charge >= 0.3 is 0 Å². The lowest BCUT2D eigenvalue weighted by Crippen LogP contribution is -2.47. The number of ether oxygens (including phenoxy) is 1. The summed E-state index contributed by atoms with van der Waals surface area (Å²) in [4.78, 5) is 19.2. The zero-order valence-corrected chi connectivity index (χ0v) is 21.0. The first-order chi connectivity index (χ1) is 16.1. The molecule has 0 saturated carbocycles. The van der Waals surface area contributed by atoms with Crippen molar-refractivity contribution in [3.8, 4) is 11.4 Å². The largest absolute Gasteiger partial charge is 0.381 e. The first-order valence-corrected chi connectivity index (χ1v) is 12.1. The van der Waals surface area contributed by atoms with E-state index >= 15 is 0 Å². The van der Waals surface area contributed by atoms with Crippen LogP contribution < -0.4 is 4.90 Å². The third-order valence-electron chi connectivity index (χ3n) is 6.66. The molecule has 2 aliphatic heterocycles. The molecule has 0 spiro atoms. The van der Waals surface area contributed by atoms with Crippen molar-refractivity contribution in [2.75, 3.05) is 57.5 Å². The van der Waals surface area contributed by atoms with Gasteiger partial charge in [-0.1, -0.05) is 23.7 Å². The maximum absolute atomic E-state index is 12.8. The molecule has 0 bridgehead atoms. The molecule has 3 aromatic rings. The molecule has 10 heteroatoms. The monoisotopic (exact) mass is 508 g/mol. The Kier molecular flexibility index (Phi) is 8.24. The molecule has 0 amide bonds. The second-order valence-corrected chi connectivity index (χ2v) is 9.27. The Morgan fingerprint density at radius 1 is 1.06 bits per heavy atom. The Labute approximate surface area is 210 Å². The maximum Gasteiger partial charge on any atom is 0.166 e. The van der Waals surface area contributed by atoms with E-state index in [2.05, 4.69) is 14.4 Å². The molecule has 0 unspecified atom stereocenters. The number of hydrogen-bond acceptors (Lipinski definition) is 6. The van der Waals surface area contributed by atoms with E-state index in [4.69, 9.17) is 31.3 Å². The molecule has 2 saturated heterocycles. The first-order valence-electron chi connectivity index (χ1n) is 11.7. The van der Waals surface area contributed by atoms with Crippen LogP contribution in [0.25, 0.3) is 22.6 Å². The van der Waals surface area contributed by atoms with Crippen molar-refractivity contribution < 1.29 is 9.13 Å². The van der Waals surface area contributed by atoms with Gasteiger partial charge in [-0.15, -0.1) is 12.4 Å². The molecule has 1 aromatic carbocycles. The van der Waals surface area contributed by atoms with Crippen molar-refractivity contribution in [3.63, 3.8) is 0 Å². The highest BCUT2D eigenvalue weighted by Crippen LogP contribution is 2.34. The van der Waals surface area contributed by atoms with Gasteiger partial charge in [-0.25, -0.2) is 19.3 Å². The number of imidazole rings is 1. The van der Waals surface area contributed by atoms with E-state index < -0.39 is 0 Å². The molecule has 0 N–H and O–H groups in total. The summed E-state index contributed by atoms with van der Waals surface area (Å²) in [5.41, 5.74) is 2.56. The zero-order valence-electron chi connectivity index (χ0n) is 19.4. The van der Waals surface area contributed by atoms with E-state index in [9.17, 15) is 4.39 Å². The molecule has 184 valence electrons. The molecule has 34 heavy (non-hydrogen) atoms. The number of rotatable bonds is 6. The average molecular weight is 509 g/mol. The summed E-state index contributed by atoms with van der Waals surface area (Å²) in [7, 11) is 0. The van der Waals surface area contributed by atoms with Crippen LogP contribution in [-0.4, -0.2) is 77.0 Å². The van der Waals surface area contributed by atoms with Gasteiger partial charge < -0.3 is 14.2 Å². The summed E-state index contributed by atoms with van der Waals surface area (Å²) in [6.45, 7) is 7.73. The lowest BCUT2D eigenvalue weighted by atomic mass is 10.00. The molecule has 7 nitrogen and oxygen atoms in total. The lowest BCUT2D eigenvalue weighted by molar-refractivity contribution is 0.0617. The molecule has 0 aliphatic carbocycles. The normalized spacial score (nSPS) is 17.8. The number of anilines is 1. The second kappa shape index (κ2) is 11.2. The number of fused-ring (bicyclic) bond motifs is 1. The van der Waals surface area contributed by atoms with Crippen molar-refractivity contribution in [3.05, 3.63) is 35.1 Å². The van der Waals surface area contributed by atoms with E-state index in [1.807, 2.05) is 31.2 Å². The van der Waals surface area contributed by atoms with Gasteiger partial charge in [0, 0.05) is 58.0 Å². The van der Waals surface area contributed by atoms with E-state index in [-0.39, 0.29) is 19.1 Å². The number of nitrogens with zero attached hydrogens (tertiary/aromatic N) is 6. The Bertz CT molecular complexity index is 1110. The molecule has 2 aromatic heterocycles. The Balaban J connectivity index is 0.00000274. The summed E-state index contributed by atoms with van der Waals surface area (Å²) >= 11 is 6.61. The highest BCUT2D eigenvalue weighted by molar-refractivity contribution is 6.33. The maximum atomic E-state index is 12.8. The van der Waals surface area contributed by atoms with E-state index in [0.29, 0.717) is 17.5 Å². The minimum atomic E-state index is -0.311. The van der Waals surface area contributed by atoms with Crippen LogP contribution in [0, 0.1) is 12.8 Å². The smallest absolute Gasteiger partial charge is 0.166 e. The molecule has 4 heterocycles. The number of halogens is 3. The van der Waals surface area contributed by atoms with Crippen molar-refractivity contribution >= 4 is 41.0 Å². The first kappa shape index (κ1) is 25.1. The van der Waals surface area contributed by atoms with Crippen LogP contribution in [0.2, 0.25) is 5.02 Å². The van der Waals surface area contributed by atoms with Crippen LogP contribution in [0.5, 0.6) is 0 Å². The molecule has 2 aliphatic rings. The topological polar surface area (TPSA) is 59.3 Å². The Morgan fingerprint density at radius 2 is 1.79 bits per heavy atom. The molecule has 0 atom stereocenters. The predicted molar refractivity (Wildman–Crippen MR) is 136 cm³/mol. The molecule has 2 fully saturated rings. The van der Waals surface area contributed by atoms with Crippen LogP contribution in [-0.2, 0) is 11.3 Å². The average Bonchev–Trinajstić information content (AvgIpc) is 3.18. The fourth-order valence-corrected chi connectivity index (χ4v) is 5.04. The van der Waals surface area contributed by atoms with Crippen LogP contribution >= 0.6 is 24.0 Å². The van der Waals surface area contributed by atoms with Crippen molar-refractivity contribution in [1.29, 1.82) is 0 Å². The zero-order chi connectivity index (χ0) is 22.8. The predicted octanol–water partition coefficient (Wildman–Crippen LogP) is 4.40. The quantitative estimate of drug-likeness (QED) is 0.491. The summed E-state index contributed by atoms with van der Waals surface area (Å²) in [6.07, 6.45) is 2.05. The van der Waals surface area contributed by atoms with E-state index in [0.717, 1.165) is 93.0 Å². The highest BCUT2D eigenvalue weighted by Gasteiger charge is 2.26. The molecular formula is C24H31Cl2FN6O. The van der Waals surface area contributed by atoms with Gasteiger partial charge in [0.15, 0.2) is 17.0 Å². The minimum Gasteiger partial charge on any atom is -0.381 e. The van der Waals surface area contributed by atoms with Crippen LogP contribution in [0.1, 0.15) is 18.7 Å². The van der Waals surface area contributed by atoms with Crippen LogP contribution in [0.3, 0.4) is 0 Å². The fourth-order valence-electron chi connectivity index (χ4n) is 4.82. The van der Waals surface area contributed by atoms with Crippen molar-refractivity contribution in [2.45, 2.75) is 26.3 Å². The van der Waals surface area contributed by atoms with E-state index in [1.54, 1.807) is 0 Å². The lowest BCUT2D eigenvalue weighted by Gasteiger charge is -2.35. The van der Waals surface area contributed by atoms with Gasteiger partial charge in [0.2, 0.25) is 0 Å². The SMILES string of the molecule is Cc1nc(N2CCN(CCF)CC2)c2nc(-c3ccccc3Cl)n(CC3CCOCC3)c2n1.Cl. The van der Waals surface area contributed by atoms with E-state index in [1.165, 1.54) is 0 Å². The van der Waals surface area contributed by atoms with Gasteiger partial charge in [0.25, 0.3) is 0 Å². The Morgan fingerprint density at radius 3 is 2.50 bits per heavy atom. The summed E-state index contributed by atoms with van der Waals surface area (Å²) in [6, 6.07) is 7.83. The summed E-state index contributed by atoms with van der Waals surface area (Å²) < 4.78 is 20.6. The number of alkyl halides is 1. The van der Waals surface area contributed by atoms with Gasteiger partial charge in [0.1, 0.15) is 18.3 Å². The number of aryl methyl sites for hydroxylation is 1. The van der Waals surface area contributed by atoms with Gasteiger partial charge in [-0.05, 0) is 37.8 Å². The third kappa shape index (κ3) is 5.15. The molecule has 5 rings (SSSR count). The second-order valence-electron chi connectivity index (χ2n) is 8.87.